The number of phenols is 1. The fourth-order valence-electron chi connectivity index (χ4n) is 4.67. The van der Waals surface area contributed by atoms with Crippen LogP contribution in [0.4, 0.5) is 27.8 Å². The Hall–Kier alpha value is -3.73. The minimum atomic E-state index is -5.14. The van der Waals surface area contributed by atoms with E-state index < -0.39 is 34.7 Å². The van der Waals surface area contributed by atoms with Crippen molar-refractivity contribution in [2.45, 2.75) is 31.6 Å². The van der Waals surface area contributed by atoms with Gasteiger partial charge in [-0.2, -0.15) is 18.3 Å². The van der Waals surface area contributed by atoms with Gasteiger partial charge >= 0.3 is 6.18 Å². The van der Waals surface area contributed by atoms with Crippen LogP contribution in [0.15, 0.2) is 48.7 Å². The maximum atomic E-state index is 14.8. The Morgan fingerprint density at radius 3 is 2.46 bits per heavy atom. The number of aromatic nitrogens is 3. The molecule has 0 atom stereocenters. The van der Waals surface area contributed by atoms with Crippen molar-refractivity contribution in [3.63, 3.8) is 0 Å². The zero-order valence-electron chi connectivity index (χ0n) is 19.8. The lowest BCUT2D eigenvalue weighted by Crippen LogP contribution is -2.39. The number of halogens is 5. The summed E-state index contributed by atoms with van der Waals surface area (Å²) in [7, 11) is 1.57. The number of aryl methyl sites for hydroxylation is 1. The van der Waals surface area contributed by atoms with Crippen LogP contribution in [0.3, 0.4) is 0 Å². The maximum absolute atomic E-state index is 14.8. The van der Waals surface area contributed by atoms with Crippen LogP contribution < -0.4 is 4.90 Å². The average molecular weight is 518 g/mol. The van der Waals surface area contributed by atoms with Crippen molar-refractivity contribution in [3.8, 4) is 17.0 Å². The van der Waals surface area contributed by atoms with E-state index in [1.54, 1.807) is 13.1 Å². The average Bonchev–Trinajstić information content (AvgIpc) is 3.22. The van der Waals surface area contributed by atoms with Gasteiger partial charge in [0.25, 0.3) is 0 Å². The van der Waals surface area contributed by atoms with Gasteiger partial charge in [-0.05, 0) is 24.5 Å². The molecule has 194 valence electrons. The summed E-state index contributed by atoms with van der Waals surface area (Å²) in [6, 6.07) is 12.1. The molecule has 2 aromatic carbocycles. The summed E-state index contributed by atoms with van der Waals surface area (Å²) in [5.41, 5.74) is -1.07. The van der Waals surface area contributed by atoms with E-state index in [1.807, 2.05) is 30.3 Å². The highest BCUT2D eigenvalue weighted by atomic mass is 19.4. The molecule has 0 bridgehead atoms. The molecule has 1 fully saturated rings. The zero-order chi connectivity index (χ0) is 26.3. The van der Waals surface area contributed by atoms with Crippen LogP contribution in [-0.4, -0.2) is 39.1 Å². The highest BCUT2D eigenvalue weighted by Crippen LogP contribution is 2.42. The van der Waals surface area contributed by atoms with Gasteiger partial charge in [0.1, 0.15) is 11.5 Å². The molecule has 0 aliphatic carbocycles. The third kappa shape index (κ3) is 4.71. The van der Waals surface area contributed by atoms with Crippen molar-refractivity contribution >= 4 is 16.7 Å². The molecular formula is C26H23F5N4O2. The first-order chi connectivity index (χ1) is 17.6. The number of rotatable bonds is 5. The number of ether oxygens (including phenoxy) is 1. The summed E-state index contributed by atoms with van der Waals surface area (Å²) in [4.78, 5) is 6.72. The molecule has 1 aliphatic heterocycles. The van der Waals surface area contributed by atoms with Gasteiger partial charge in [-0.15, -0.1) is 0 Å². The smallest absolute Gasteiger partial charge is 0.419 e. The number of hydrogen-bond acceptors (Lipinski definition) is 5. The molecule has 6 nitrogen and oxygen atoms in total. The van der Waals surface area contributed by atoms with E-state index in [0.717, 1.165) is 18.4 Å². The number of alkyl halides is 3. The van der Waals surface area contributed by atoms with Crippen LogP contribution in [0.1, 0.15) is 24.0 Å². The summed E-state index contributed by atoms with van der Waals surface area (Å²) in [5.74, 6) is -4.68. The lowest BCUT2D eigenvalue weighted by atomic mass is 10.0. The molecule has 37 heavy (non-hydrogen) atoms. The quantitative estimate of drug-likeness (QED) is 0.337. The normalized spacial score (nSPS) is 14.9. The molecular weight excluding hydrogens is 495 g/mol. The van der Waals surface area contributed by atoms with Crippen molar-refractivity contribution in [1.29, 1.82) is 0 Å². The number of anilines is 1. The minimum Gasteiger partial charge on any atom is -0.503 e. The highest BCUT2D eigenvalue weighted by Gasteiger charge is 2.38. The van der Waals surface area contributed by atoms with Crippen molar-refractivity contribution in [2.24, 2.45) is 7.05 Å². The fourth-order valence-corrected chi connectivity index (χ4v) is 4.67. The van der Waals surface area contributed by atoms with Gasteiger partial charge in [0.15, 0.2) is 17.4 Å². The topological polar surface area (TPSA) is 63.4 Å². The van der Waals surface area contributed by atoms with E-state index in [2.05, 4.69) is 15.0 Å². The number of hydrogen-bond donors (Lipinski definition) is 1. The van der Waals surface area contributed by atoms with Crippen LogP contribution in [0.5, 0.6) is 5.75 Å². The molecule has 4 aromatic rings. The zero-order valence-corrected chi connectivity index (χ0v) is 19.8. The molecule has 11 heteroatoms. The Balaban J connectivity index is 1.61. The largest absolute Gasteiger partial charge is 0.503 e. The van der Waals surface area contributed by atoms with Gasteiger partial charge in [0, 0.05) is 56.1 Å². The van der Waals surface area contributed by atoms with Crippen LogP contribution in [0.25, 0.3) is 22.2 Å². The summed E-state index contributed by atoms with van der Waals surface area (Å²) >= 11 is 0. The van der Waals surface area contributed by atoms with Crippen molar-refractivity contribution in [1.82, 2.24) is 14.8 Å². The van der Waals surface area contributed by atoms with E-state index in [-0.39, 0.29) is 17.1 Å². The fraction of sp³-hybridized carbons (Fsp3) is 0.308. The second-order valence-corrected chi connectivity index (χ2v) is 8.93. The number of phenolic OH excluding ortho intramolecular Hbond substituents is 1. The van der Waals surface area contributed by atoms with Crippen LogP contribution >= 0.6 is 0 Å². The summed E-state index contributed by atoms with van der Waals surface area (Å²) < 4.78 is 75.8. The SMILES string of the molecule is Cn1nc(-c2cc(C(F)(F)F)c(F)c(O)c2F)c2cnc(N(Cc3ccccc3)C3CCOCC3)cc21. The van der Waals surface area contributed by atoms with E-state index in [1.165, 1.54) is 10.9 Å². The first-order valence-electron chi connectivity index (χ1n) is 11.6. The number of fused-ring (bicyclic) bond motifs is 1. The lowest BCUT2D eigenvalue weighted by molar-refractivity contribution is -0.140. The van der Waals surface area contributed by atoms with Crippen molar-refractivity contribution in [3.05, 3.63) is 71.4 Å². The lowest BCUT2D eigenvalue weighted by Gasteiger charge is -2.35. The molecule has 0 spiro atoms. The molecule has 5 rings (SSSR count). The van der Waals surface area contributed by atoms with Crippen molar-refractivity contribution < 1.29 is 31.8 Å². The van der Waals surface area contributed by atoms with Crippen molar-refractivity contribution in [2.75, 3.05) is 18.1 Å². The summed E-state index contributed by atoms with van der Waals surface area (Å²) in [6.07, 6.45) is -2.13. The molecule has 2 aromatic heterocycles. The summed E-state index contributed by atoms with van der Waals surface area (Å²) in [6.45, 7) is 1.80. The Morgan fingerprint density at radius 2 is 1.78 bits per heavy atom. The Bertz CT molecular complexity index is 1430. The third-order valence-electron chi connectivity index (χ3n) is 6.58. The van der Waals surface area contributed by atoms with E-state index in [4.69, 9.17) is 4.74 Å². The second-order valence-electron chi connectivity index (χ2n) is 8.93. The second kappa shape index (κ2) is 9.62. The predicted molar refractivity (Wildman–Crippen MR) is 127 cm³/mol. The van der Waals surface area contributed by atoms with E-state index in [0.29, 0.717) is 37.2 Å². The number of pyridine rings is 1. The summed E-state index contributed by atoms with van der Waals surface area (Å²) in [5, 5.41) is 14.2. The van der Waals surface area contributed by atoms with Gasteiger partial charge in [-0.3, -0.25) is 4.68 Å². The van der Waals surface area contributed by atoms with E-state index >= 15 is 0 Å². The number of aromatic hydroxyl groups is 1. The molecule has 0 saturated carbocycles. The van der Waals surface area contributed by atoms with Crippen LogP contribution in [0.2, 0.25) is 0 Å². The first-order valence-corrected chi connectivity index (χ1v) is 11.6. The standard InChI is InChI=1S/C26H23F5N4O2/c1-34-20-12-21(35(16-7-9-37-10-8-16)14-15-5-3-2-4-6-15)32-13-18(20)24(33-34)17-11-19(26(29,30)31)23(28)25(36)22(17)27/h2-6,11-13,16,36H,7-10,14H2,1H3. The number of benzene rings is 2. The Kier molecular flexibility index (Phi) is 6.49. The molecule has 0 amide bonds. The molecule has 1 aliphatic rings. The number of nitrogens with zero attached hydrogens (tertiary/aromatic N) is 4. The van der Waals surface area contributed by atoms with Crippen LogP contribution in [-0.2, 0) is 24.5 Å². The molecule has 0 radical (unpaired) electrons. The Morgan fingerprint density at radius 1 is 1.08 bits per heavy atom. The van der Waals surface area contributed by atoms with Gasteiger partial charge in [-0.1, -0.05) is 30.3 Å². The van der Waals surface area contributed by atoms with Gasteiger partial charge in [0.05, 0.1) is 11.1 Å². The maximum Gasteiger partial charge on any atom is 0.419 e. The molecule has 0 unspecified atom stereocenters. The molecule has 3 heterocycles. The molecule has 1 saturated heterocycles. The third-order valence-corrected chi connectivity index (χ3v) is 6.58. The van der Waals surface area contributed by atoms with Gasteiger partial charge < -0.3 is 14.7 Å². The van der Waals surface area contributed by atoms with E-state index in [9.17, 15) is 27.1 Å². The monoisotopic (exact) mass is 518 g/mol. The predicted octanol–water partition coefficient (Wildman–Crippen LogP) is 5.82. The highest BCUT2D eigenvalue weighted by molar-refractivity contribution is 5.94. The first kappa shape index (κ1) is 24.9. The minimum absolute atomic E-state index is 0.146. The van der Waals surface area contributed by atoms with Gasteiger partial charge in [-0.25, -0.2) is 13.8 Å². The van der Waals surface area contributed by atoms with Gasteiger partial charge in [0.2, 0.25) is 0 Å². The molecule has 1 N–H and O–H groups in total. The Labute approximate surface area is 208 Å². The van der Waals surface area contributed by atoms with Crippen LogP contribution in [0, 0.1) is 11.6 Å².